The minimum Gasteiger partial charge on any atom is -0.493 e. The molecule has 0 amide bonds. The minimum atomic E-state index is 0.360. The van der Waals surface area contributed by atoms with Gasteiger partial charge in [-0.2, -0.15) is 0 Å². The summed E-state index contributed by atoms with van der Waals surface area (Å²) in [7, 11) is 2.07. The van der Waals surface area contributed by atoms with Crippen molar-refractivity contribution >= 4 is 21.7 Å². The van der Waals surface area contributed by atoms with Crippen LogP contribution >= 0.6 is 0 Å². The molecule has 7 heteroatoms. The zero-order valence-electron chi connectivity index (χ0n) is 31.5. The molecule has 0 fully saturated rings. The molecule has 3 aliphatic rings. The summed E-state index contributed by atoms with van der Waals surface area (Å²) in [5.41, 5.74) is 8.95. The molecule has 3 aliphatic heterocycles. The summed E-state index contributed by atoms with van der Waals surface area (Å²) >= 11 is 0. The maximum atomic E-state index is 5.38. The van der Waals surface area contributed by atoms with Crippen LogP contribution in [0.25, 0.3) is 21.7 Å². The molecule has 7 aromatic rings. The van der Waals surface area contributed by atoms with Crippen LogP contribution < -0.4 is 23.7 Å². The Morgan fingerprint density at radius 1 is 0.509 bits per heavy atom. The Morgan fingerprint density at radius 2 is 1.09 bits per heavy atom. The molecule has 0 saturated heterocycles. The molecule has 5 aromatic carbocycles. The molecule has 0 bridgehead atoms. The Morgan fingerprint density at radius 3 is 1.85 bits per heavy atom. The number of fused-ring (bicyclic) bond motifs is 5. The van der Waals surface area contributed by atoms with E-state index in [-0.39, 0.29) is 0 Å². The van der Waals surface area contributed by atoms with Gasteiger partial charge < -0.3 is 28.3 Å². The van der Waals surface area contributed by atoms with E-state index < -0.39 is 0 Å². The monoisotopic (exact) mass is 708 g/mol. The van der Waals surface area contributed by atoms with Crippen LogP contribution in [-0.2, 0) is 13.5 Å². The second-order valence-electron chi connectivity index (χ2n) is 13.4. The molecule has 10 rings (SSSR count). The van der Waals surface area contributed by atoms with Crippen LogP contribution in [0, 0.1) is 34.6 Å². The predicted octanol–water partition coefficient (Wildman–Crippen LogP) is 10.4. The van der Waals surface area contributed by atoms with Crippen molar-refractivity contribution in [3.05, 3.63) is 155 Å². The summed E-state index contributed by atoms with van der Waals surface area (Å²) in [6.45, 7) is 12.9. The first-order chi connectivity index (χ1) is 25.7. The summed E-state index contributed by atoms with van der Waals surface area (Å²) in [6, 6.07) is 35.1. The average Bonchev–Trinajstić information content (AvgIpc) is 3.93. The van der Waals surface area contributed by atoms with E-state index in [0.717, 1.165) is 41.8 Å². The highest BCUT2D eigenvalue weighted by atomic mass is 16.7. The van der Waals surface area contributed by atoms with E-state index in [9.17, 15) is 0 Å². The number of aryl methyl sites for hydroxylation is 6. The van der Waals surface area contributed by atoms with Crippen molar-refractivity contribution in [1.82, 2.24) is 9.55 Å². The number of nitrogens with zero attached hydrogens (tertiary/aromatic N) is 2. The quantitative estimate of drug-likeness (QED) is 0.156. The summed E-state index contributed by atoms with van der Waals surface area (Å²) < 4.78 is 28.5. The molecule has 5 heterocycles. The van der Waals surface area contributed by atoms with Gasteiger partial charge in [-0.25, -0.2) is 0 Å². The largest absolute Gasteiger partial charge is 0.493 e. The van der Waals surface area contributed by atoms with E-state index in [1.165, 1.54) is 55.1 Å². The number of hydrogen-bond acceptors (Lipinski definition) is 6. The highest BCUT2D eigenvalue weighted by Crippen LogP contribution is 2.32. The van der Waals surface area contributed by atoms with Crippen molar-refractivity contribution in [1.29, 1.82) is 0 Å². The Labute approximate surface area is 312 Å². The first-order valence-corrected chi connectivity index (χ1v) is 18.0. The first kappa shape index (κ1) is 36.8. The van der Waals surface area contributed by atoms with Crippen molar-refractivity contribution in [2.45, 2.75) is 41.0 Å². The molecule has 7 nitrogen and oxygen atoms in total. The smallest absolute Gasteiger partial charge is 0.231 e. The third kappa shape index (κ3) is 9.89. The highest BCUT2D eigenvalue weighted by Gasteiger charge is 2.12. The van der Waals surface area contributed by atoms with Crippen molar-refractivity contribution in [3.63, 3.8) is 0 Å². The summed E-state index contributed by atoms with van der Waals surface area (Å²) in [5, 5.41) is 3.84. The zero-order valence-corrected chi connectivity index (χ0v) is 31.5. The molecular weight excluding hydrogens is 661 g/mol. The Kier molecular flexibility index (Phi) is 12.2. The van der Waals surface area contributed by atoms with E-state index in [1.807, 2.05) is 68.7 Å². The maximum absolute atomic E-state index is 5.38. The average molecular weight is 709 g/mol. The molecule has 0 spiro atoms. The molecular formula is C46H48N2O5. The molecule has 0 saturated carbocycles. The van der Waals surface area contributed by atoms with Gasteiger partial charge in [-0.05, 0) is 116 Å². The van der Waals surface area contributed by atoms with Crippen molar-refractivity contribution < 1.29 is 23.7 Å². The lowest BCUT2D eigenvalue weighted by Gasteiger charge is -2.18. The van der Waals surface area contributed by atoms with Gasteiger partial charge in [0.2, 0.25) is 6.79 Å². The van der Waals surface area contributed by atoms with Crippen LogP contribution in [0.3, 0.4) is 0 Å². The van der Waals surface area contributed by atoms with Crippen molar-refractivity contribution in [2.24, 2.45) is 7.05 Å². The molecule has 0 N–H and O–H groups in total. The van der Waals surface area contributed by atoms with Crippen LogP contribution in [0.1, 0.15) is 33.4 Å². The van der Waals surface area contributed by atoms with E-state index in [4.69, 9.17) is 23.7 Å². The van der Waals surface area contributed by atoms with Gasteiger partial charge in [0.1, 0.15) is 19.0 Å². The normalized spacial score (nSPS) is 12.7. The third-order valence-corrected chi connectivity index (χ3v) is 8.98. The SMILES string of the molecule is Cc1ccc2c(c1)CCO2.Cc1ccc2c(c1)OCCO2.Cc1ccc2c(c1)OCO2.Cc1ccc2c(ccn2C)c1.Cc1cncc2ccccc12. The van der Waals surface area contributed by atoms with Crippen LogP contribution in [0.5, 0.6) is 28.7 Å². The van der Waals surface area contributed by atoms with Crippen LogP contribution in [-0.4, -0.2) is 36.2 Å². The molecule has 0 unspecified atom stereocenters. The summed E-state index contributed by atoms with van der Waals surface area (Å²) in [4.78, 5) is 4.11. The number of aromatic nitrogens is 2. The highest BCUT2D eigenvalue weighted by molar-refractivity contribution is 5.84. The number of ether oxygens (including phenoxy) is 5. The Hall–Kier alpha value is -5.95. The third-order valence-electron chi connectivity index (χ3n) is 8.98. The minimum absolute atomic E-state index is 0.360. The topological polar surface area (TPSA) is 64.0 Å². The molecule has 53 heavy (non-hydrogen) atoms. The lowest BCUT2D eigenvalue weighted by atomic mass is 10.1. The van der Waals surface area contributed by atoms with Gasteiger partial charge in [-0.1, -0.05) is 65.7 Å². The lowest BCUT2D eigenvalue weighted by Crippen LogP contribution is -2.15. The second kappa shape index (κ2) is 17.5. The standard InChI is InChI=1S/C10H11N.C10H9N.C9H10O2.C9H10O.C8H8O2/c1-8-3-4-10-9(7-8)5-6-11(10)2;1-8-6-11-7-9-4-2-3-5-10(8)9;1-7-2-3-8-9(6-7)11-5-4-10-8;1-7-2-3-9-8(6-7)4-5-10-9;1-6-2-3-7-8(4-6)10-5-9-7/h3-7H,1-2H3;2-7H,1H3;2-3,6H,4-5H2,1H3;2-3,6H,4-5H2,1H3;2-4H,5H2,1H3. The zero-order chi connectivity index (χ0) is 37.2. The van der Waals surface area contributed by atoms with Gasteiger partial charge in [0.15, 0.2) is 23.0 Å². The van der Waals surface area contributed by atoms with Crippen molar-refractivity contribution in [3.8, 4) is 28.7 Å². The number of rotatable bonds is 0. The fraction of sp³-hybridized carbons (Fsp3) is 0.239. The Balaban J connectivity index is 0.000000113. The van der Waals surface area contributed by atoms with Gasteiger partial charge in [0.05, 0.1) is 6.61 Å². The van der Waals surface area contributed by atoms with Gasteiger partial charge in [0, 0.05) is 43.0 Å². The van der Waals surface area contributed by atoms with E-state index in [1.54, 1.807) is 0 Å². The van der Waals surface area contributed by atoms with Gasteiger partial charge >= 0.3 is 0 Å². The van der Waals surface area contributed by atoms with E-state index >= 15 is 0 Å². The summed E-state index contributed by atoms with van der Waals surface area (Å²) in [5.74, 6) is 4.52. The predicted molar refractivity (Wildman–Crippen MR) is 214 cm³/mol. The van der Waals surface area contributed by atoms with Gasteiger partial charge in [-0.15, -0.1) is 0 Å². The van der Waals surface area contributed by atoms with E-state index in [2.05, 4.69) is 104 Å². The number of benzene rings is 5. The number of hydrogen-bond donors (Lipinski definition) is 0. The van der Waals surface area contributed by atoms with Crippen LogP contribution in [0.15, 0.2) is 122 Å². The molecule has 0 radical (unpaired) electrons. The van der Waals surface area contributed by atoms with E-state index in [0.29, 0.717) is 20.0 Å². The van der Waals surface area contributed by atoms with Crippen LogP contribution in [0.2, 0.25) is 0 Å². The molecule has 0 atom stereocenters. The molecule has 0 aliphatic carbocycles. The lowest BCUT2D eigenvalue weighted by molar-refractivity contribution is 0.171. The second-order valence-corrected chi connectivity index (χ2v) is 13.4. The molecule has 272 valence electrons. The maximum Gasteiger partial charge on any atom is 0.231 e. The van der Waals surface area contributed by atoms with Crippen molar-refractivity contribution in [2.75, 3.05) is 26.6 Å². The fourth-order valence-electron chi connectivity index (χ4n) is 6.14. The fourth-order valence-corrected chi connectivity index (χ4v) is 6.14. The first-order valence-electron chi connectivity index (χ1n) is 18.0. The van der Waals surface area contributed by atoms with Gasteiger partial charge in [-0.3, -0.25) is 4.98 Å². The number of pyridine rings is 1. The molecule has 2 aromatic heterocycles. The van der Waals surface area contributed by atoms with Crippen LogP contribution in [0.4, 0.5) is 0 Å². The Bertz CT molecular complexity index is 2230. The van der Waals surface area contributed by atoms with Gasteiger partial charge in [0.25, 0.3) is 0 Å². The summed E-state index contributed by atoms with van der Waals surface area (Å²) in [6.07, 6.45) is 6.95.